The lowest BCUT2D eigenvalue weighted by atomic mass is 10.7. The van der Waals surface area contributed by atoms with Gasteiger partial charge in [-0.25, -0.2) is 9.59 Å². The van der Waals surface area contributed by atoms with Crippen molar-refractivity contribution in [1.82, 2.24) is 11.0 Å². The molecule has 0 aliphatic carbocycles. The highest BCUT2D eigenvalue weighted by atomic mass is 16.7. The van der Waals surface area contributed by atoms with Gasteiger partial charge in [0.15, 0.2) is 0 Å². The van der Waals surface area contributed by atoms with Crippen LogP contribution in [0.2, 0.25) is 0 Å². The summed E-state index contributed by atoms with van der Waals surface area (Å²) in [4.78, 5) is 28.8. The lowest BCUT2D eigenvalue weighted by Crippen LogP contribution is -2.28. The van der Waals surface area contributed by atoms with Crippen LogP contribution in [-0.4, -0.2) is 26.0 Å². The van der Waals surface area contributed by atoms with E-state index in [0.29, 0.717) is 0 Å². The van der Waals surface area contributed by atoms with E-state index in [4.69, 9.17) is 0 Å². The largest absolute Gasteiger partial charge is 0.437 e. The number of hydroxylamine groups is 2. The molecule has 0 aromatic rings. The lowest BCUT2D eigenvalue weighted by molar-refractivity contribution is -0.175. The van der Waals surface area contributed by atoms with Crippen molar-refractivity contribution in [2.75, 3.05) is 14.1 Å². The monoisotopic (exact) mass is 148 g/mol. The van der Waals surface area contributed by atoms with Crippen LogP contribution >= 0.6 is 0 Å². The molecule has 0 bridgehead atoms. The van der Waals surface area contributed by atoms with Gasteiger partial charge in [0.05, 0.1) is 0 Å². The van der Waals surface area contributed by atoms with Gasteiger partial charge in [0, 0.05) is 14.1 Å². The third kappa shape index (κ3) is 3.00. The van der Waals surface area contributed by atoms with Gasteiger partial charge in [-0.05, 0) is 0 Å². The third-order valence-electron chi connectivity index (χ3n) is 0.556. The summed E-state index contributed by atoms with van der Waals surface area (Å²) in [5, 5.41) is 0. The second-order valence-electron chi connectivity index (χ2n) is 1.19. The van der Waals surface area contributed by atoms with Crippen molar-refractivity contribution in [2.45, 2.75) is 0 Å². The van der Waals surface area contributed by atoms with Crippen LogP contribution in [0.3, 0.4) is 0 Å². The molecule has 0 spiro atoms. The van der Waals surface area contributed by atoms with Gasteiger partial charge in [-0.3, -0.25) is 0 Å². The van der Waals surface area contributed by atoms with Crippen molar-refractivity contribution < 1.29 is 19.3 Å². The summed E-state index contributed by atoms with van der Waals surface area (Å²) in [5.41, 5.74) is 4.06. The molecular formula is C4H8N2O4. The van der Waals surface area contributed by atoms with Gasteiger partial charge in [-0.2, -0.15) is 11.0 Å². The zero-order valence-corrected chi connectivity index (χ0v) is 5.63. The van der Waals surface area contributed by atoms with Crippen LogP contribution in [0, 0.1) is 0 Å². The topological polar surface area (TPSA) is 76.7 Å². The van der Waals surface area contributed by atoms with Gasteiger partial charge < -0.3 is 9.68 Å². The summed E-state index contributed by atoms with van der Waals surface area (Å²) in [6.07, 6.45) is 0. The lowest BCUT2D eigenvalue weighted by Gasteiger charge is -1.99. The predicted octanol–water partition coefficient (Wildman–Crippen LogP) is -1.66. The first-order valence-electron chi connectivity index (χ1n) is 2.47. The van der Waals surface area contributed by atoms with E-state index in [1.807, 2.05) is 11.0 Å². The molecule has 6 nitrogen and oxygen atoms in total. The summed E-state index contributed by atoms with van der Waals surface area (Å²) in [7, 11) is 2.70. The first kappa shape index (κ1) is 8.86. The Hall–Kier alpha value is -1.14. The van der Waals surface area contributed by atoms with Crippen LogP contribution in [0.4, 0.5) is 0 Å². The highest BCUT2D eigenvalue weighted by molar-refractivity contribution is 6.29. The molecule has 0 aliphatic rings. The maximum absolute atomic E-state index is 10.3. The zero-order valence-electron chi connectivity index (χ0n) is 5.63. The molecule has 0 saturated carbocycles. The molecule has 2 N–H and O–H groups in total. The van der Waals surface area contributed by atoms with Crippen molar-refractivity contribution in [2.24, 2.45) is 0 Å². The van der Waals surface area contributed by atoms with E-state index in [9.17, 15) is 9.59 Å². The number of rotatable bonds is 2. The first-order chi connectivity index (χ1) is 4.72. The Morgan fingerprint density at radius 3 is 1.50 bits per heavy atom. The highest BCUT2D eigenvalue weighted by Gasteiger charge is 2.16. The number of hydrogen-bond acceptors (Lipinski definition) is 6. The molecule has 6 heteroatoms. The van der Waals surface area contributed by atoms with E-state index in [2.05, 4.69) is 9.68 Å². The molecule has 0 radical (unpaired) electrons. The van der Waals surface area contributed by atoms with E-state index in [1.165, 1.54) is 14.1 Å². The number of nitrogens with one attached hydrogen (secondary N) is 2. The summed E-state index contributed by atoms with van der Waals surface area (Å²) >= 11 is 0. The Balaban J connectivity index is 3.60. The molecule has 0 aromatic heterocycles. The van der Waals surface area contributed by atoms with Crippen LogP contribution in [-0.2, 0) is 19.3 Å². The van der Waals surface area contributed by atoms with Crippen LogP contribution in [0.5, 0.6) is 0 Å². The standard InChI is InChI=1S/C4H8N2O4/c1-5-9-3(7)4(8)10-6-2/h5-6H,1-2H3. The Morgan fingerprint density at radius 2 is 1.30 bits per heavy atom. The number of hydrogen-bond donors (Lipinski definition) is 2. The smallest absolute Gasteiger partial charge is 0.362 e. The number of carbonyl (C=O) groups is 2. The summed E-state index contributed by atoms with van der Waals surface area (Å²) in [5.74, 6) is -2.20. The van der Waals surface area contributed by atoms with E-state index in [-0.39, 0.29) is 0 Å². The molecule has 0 atom stereocenters. The molecular weight excluding hydrogens is 140 g/mol. The molecule has 0 aromatic carbocycles. The first-order valence-corrected chi connectivity index (χ1v) is 2.47. The van der Waals surface area contributed by atoms with Crippen LogP contribution in [0.25, 0.3) is 0 Å². The Kier molecular flexibility index (Phi) is 4.17. The molecule has 0 heterocycles. The van der Waals surface area contributed by atoms with Gasteiger partial charge in [0.1, 0.15) is 0 Å². The van der Waals surface area contributed by atoms with Crippen LogP contribution in [0.1, 0.15) is 0 Å². The van der Waals surface area contributed by atoms with E-state index >= 15 is 0 Å². The van der Waals surface area contributed by atoms with Crippen LogP contribution < -0.4 is 11.0 Å². The highest BCUT2D eigenvalue weighted by Crippen LogP contribution is 1.76. The van der Waals surface area contributed by atoms with E-state index in [1.54, 1.807) is 0 Å². The molecule has 58 valence electrons. The van der Waals surface area contributed by atoms with Gasteiger partial charge >= 0.3 is 11.9 Å². The molecule has 0 unspecified atom stereocenters. The van der Waals surface area contributed by atoms with Crippen molar-refractivity contribution in [1.29, 1.82) is 0 Å². The van der Waals surface area contributed by atoms with Gasteiger partial charge in [0.25, 0.3) is 0 Å². The number of carbonyl (C=O) groups excluding carboxylic acids is 2. The second kappa shape index (κ2) is 4.71. The average molecular weight is 148 g/mol. The summed E-state index contributed by atoms with van der Waals surface area (Å²) in [6.45, 7) is 0. The minimum absolute atomic E-state index is 1.10. The van der Waals surface area contributed by atoms with Gasteiger partial charge in [-0.15, -0.1) is 0 Å². The zero-order chi connectivity index (χ0) is 7.98. The SMILES string of the molecule is CNOC(=O)C(=O)ONC. The summed E-state index contributed by atoms with van der Waals surface area (Å²) in [6, 6.07) is 0. The van der Waals surface area contributed by atoms with Gasteiger partial charge in [-0.1, -0.05) is 0 Å². The fraction of sp³-hybridized carbons (Fsp3) is 0.500. The minimum Gasteiger partial charge on any atom is -0.362 e. The van der Waals surface area contributed by atoms with Crippen LogP contribution in [0.15, 0.2) is 0 Å². The average Bonchev–Trinajstić information content (AvgIpc) is 1.89. The molecule has 0 rings (SSSR count). The Labute approximate surface area is 57.4 Å². The van der Waals surface area contributed by atoms with Crippen molar-refractivity contribution in [3.8, 4) is 0 Å². The van der Waals surface area contributed by atoms with Crippen molar-refractivity contribution in [3.05, 3.63) is 0 Å². The molecule has 0 saturated heterocycles. The third-order valence-corrected chi connectivity index (χ3v) is 0.556. The fourth-order valence-electron chi connectivity index (χ4n) is 0.269. The van der Waals surface area contributed by atoms with E-state index in [0.717, 1.165) is 0 Å². The Morgan fingerprint density at radius 1 is 1.00 bits per heavy atom. The fourth-order valence-corrected chi connectivity index (χ4v) is 0.269. The van der Waals surface area contributed by atoms with E-state index < -0.39 is 11.9 Å². The molecule has 0 fully saturated rings. The Bertz CT molecular complexity index is 119. The summed E-state index contributed by atoms with van der Waals surface area (Å²) < 4.78 is 0. The van der Waals surface area contributed by atoms with Crippen molar-refractivity contribution >= 4 is 11.9 Å². The second-order valence-corrected chi connectivity index (χ2v) is 1.19. The molecule has 10 heavy (non-hydrogen) atoms. The molecule has 0 aliphatic heterocycles. The maximum Gasteiger partial charge on any atom is 0.437 e. The van der Waals surface area contributed by atoms with Gasteiger partial charge in [0.2, 0.25) is 0 Å². The quantitative estimate of drug-likeness (QED) is 0.360. The minimum atomic E-state index is -1.10. The normalized spacial score (nSPS) is 8.60. The molecule has 0 amide bonds. The predicted molar refractivity (Wildman–Crippen MR) is 30.3 cm³/mol. The van der Waals surface area contributed by atoms with Crippen molar-refractivity contribution in [3.63, 3.8) is 0 Å². The maximum atomic E-state index is 10.3.